The van der Waals surface area contributed by atoms with Crippen LogP contribution < -0.4 is 14.8 Å². The number of hydrogen-bond donors (Lipinski definition) is 1. The van der Waals surface area contributed by atoms with Gasteiger partial charge in [0.2, 0.25) is 0 Å². The summed E-state index contributed by atoms with van der Waals surface area (Å²) in [6.45, 7) is 3.83. The van der Waals surface area contributed by atoms with Crippen LogP contribution in [0.5, 0.6) is 11.5 Å². The van der Waals surface area contributed by atoms with E-state index in [4.69, 9.17) is 9.47 Å². The van der Waals surface area contributed by atoms with Crippen molar-refractivity contribution in [1.29, 1.82) is 0 Å². The van der Waals surface area contributed by atoms with Gasteiger partial charge in [-0.1, -0.05) is 0 Å². The summed E-state index contributed by atoms with van der Waals surface area (Å²) in [5.41, 5.74) is 0. The van der Waals surface area contributed by atoms with E-state index < -0.39 is 6.10 Å². The molecule has 1 N–H and O–H groups in total. The number of nitrogens with one attached hydrogen (secondary N) is 1. The summed E-state index contributed by atoms with van der Waals surface area (Å²) in [5.74, 6) is 1.38. The standard InChI is InChI=1S/C16H24N2O3/c1-12(21-15-6-4-14(20-3)5-7-15)16(19)17-13-8-10-18(2)11-9-13/h4-7,12-13H,8-11H2,1-3H3,(H,17,19)/t12-/m0/s1. The molecule has 1 aliphatic heterocycles. The first kappa shape index (κ1) is 15.6. The molecule has 2 rings (SSSR count). The fourth-order valence-corrected chi connectivity index (χ4v) is 2.38. The highest BCUT2D eigenvalue weighted by Crippen LogP contribution is 2.18. The minimum absolute atomic E-state index is 0.0552. The van der Waals surface area contributed by atoms with E-state index in [-0.39, 0.29) is 11.9 Å². The van der Waals surface area contributed by atoms with Gasteiger partial charge in [-0.15, -0.1) is 0 Å². The van der Waals surface area contributed by atoms with Gasteiger partial charge in [0.05, 0.1) is 7.11 Å². The number of amides is 1. The number of carbonyl (C=O) groups excluding carboxylic acids is 1. The van der Waals surface area contributed by atoms with E-state index in [0.717, 1.165) is 31.7 Å². The highest BCUT2D eigenvalue weighted by atomic mass is 16.5. The molecule has 1 atom stereocenters. The number of methoxy groups -OCH3 is 1. The Kier molecular flexibility index (Phi) is 5.44. The largest absolute Gasteiger partial charge is 0.497 e. The van der Waals surface area contributed by atoms with Gasteiger partial charge in [-0.2, -0.15) is 0 Å². The molecule has 1 amide bonds. The normalized spacial score (nSPS) is 18.0. The average Bonchev–Trinajstić information content (AvgIpc) is 2.50. The summed E-state index contributed by atoms with van der Waals surface area (Å²) in [5, 5.41) is 3.07. The summed E-state index contributed by atoms with van der Waals surface area (Å²) >= 11 is 0. The molecular formula is C16H24N2O3. The van der Waals surface area contributed by atoms with Gasteiger partial charge >= 0.3 is 0 Å². The van der Waals surface area contributed by atoms with Crippen molar-refractivity contribution in [2.45, 2.75) is 31.9 Å². The molecule has 1 aliphatic rings. The van der Waals surface area contributed by atoms with Crippen LogP contribution in [0.3, 0.4) is 0 Å². The zero-order valence-electron chi connectivity index (χ0n) is 13.0. The van der Waals surface area contributed by atoms with Gasteiger partial charge in [0.15, 0.2) is 6.10 Å². The van der Waals surface area contributed by atoms with Gasteiger partial charge in [0.1, 0.15) is 11.5 Å². The Labute approximate surface area is 126 Å². The minimum atomic E-state index is -0.502. The van der Waals surface area contributed by atoms with Crippen molar-refractivity contribution >= 4 is 5.91 Å². The zero-order valence-corrected chi connectivity index (χ0v) is 13.0. The summed E-state index contributed by atoms with van der Waals surface area (Å²) in [6.07, 6.45) is 1.49. The van der Waals surface area contributed by atoms with Crippen LogP contribution in [0.25, 0.3) is 0 Å². The van der Waals surface area contributed by atoms with Crippen LogP contribution in [0, 0.1) is 0 Å². The lowest BCUT2D eigenvalue weighted by molar-refractivity contribution is -0.128. The van der Waals surface area contributed by atoms with Gasteiger partial charge in [-0.25, -0.2) is 0 Å². The summed E-state index contributed by atoms with van der Waals surface area (Å²) < 4.78 is 10.8. The van der Waals surface area contributed by atoms with Crippen LogP contribution in [0.15, 0.2) is 24.3 Å². The van der Waals surface area contributed by atoms with Crippen LogP contribution in [-0.4, -0.2) is 50.2 Å². The summed E-state index contributed by atoms with van der Waals surface area (Å²) in [7, 11) is 3.72. The molecule has 21 heavy (non-hydrogen) atoms. The second-order valence-electron chi connectivity index (χ2n) is 5.52. The Hall–Kier alpha value is -1.75. The Bertz CT molecular complexity index is 453. The number of nitrogens with zero attached hydrogens (tertiary/aromatic N) is 1. The number of rotatable bonds is 5. The Morgan fingerprint density at radius 2 is 1.81 bits per heavy atom. The predicted molar refractivity (Wildman–Crippen MR) is 81.7 cm³/mol. The molecule has 0 bridgehead atoms. The first-order valence-electron chi connectivity index (χ1n) is 7.38. The third kappa shape index (κ3) is 4.63. The maximum absolute atomic E-state index is 12.1. The highest BCUT2D eigenvalue weighted by Gasteiger charge is 2.22. The third-order valence-corrected chi connectivity index (χ3v) is 3.81. The number of piperidine rings is 1. The molecule has 0 spiro atoms. The molecule has 0 unspecified atom stereocenters. The number of benzene rings is 1. The van der Waals surface area contributed by atoms with E-state index in [1.165, 1.54) is 0 Å². The van der Waals surface area contributed by atoms with E-state index in [1.807, 2.05) is 12.1 Å². The molecular weight excluding hydrogens is 268 g/mol. The minimum Gasteiger partial charge on any atom is -0.497 e. The average molecular weight is 292 g/mol. The van der Waals surface area contributed by atoms with Gasteiger partial charge in [0, 0.05) is 6.04 Å². The number of hydrogen-bond acceptors (Lipinski definition) is 4. The van der Waals surface area contributed by atoms with Crippen molar-refractivity contribution < 1.29 is 14.3 Å². The van der Waals surface area contributed by atoms with Crippen molar-refractivity contribution in [2.75, 3.05) is 27.2 Å². The van der Waals surface area contributed by atoms with Crippen molar-refractivity contribution in [3.05, 3.63) is 24.3 Å². The van der Waals surface area contributed by atoms with Crippen molar-refractivity contribution in [3.63, 3.8) is 0 Å². The van der Waals surface area contributed by atoms with Crippen LogP contribution >= 0.6 is 0 Å². The first-order valence-corrected chi connectivity index (χ1v) is 7.38. The summed E-state index contributed by atoms with van der Waals surface area (Å²) in [4.78, 5) is 14.4. The molecule has 5 heteroatoms. The smallest absolute Gasteiger partial charge is 0.260 e. The number of likely N-dealkylation sites (tertiary alicyclic amines) is 1. The molecule has 116 valence electrons. The number of ether oxygens (including phenoxy) is 2. The van der Waals surface area contributed by atoms with Crippen LogP contribution in [-0.2, 0) is 4.79 Å². The van der Waals surface area contributed by atoms with Gasteiger partial charge in [-0.05, 0) is 64.2 Å². The third-order valence-electron chi connectivity index (χ3n) is 3.81. The topological polar surface area (TPSA) is 50.8 Å². The van der Waals surface area contributed by atoms with Crippen molar-refractivity contribution in [1.82, 2.24) is 10.2 Å². The second kappa shape index (κ2) is 7.31. The molecule has 0 radical (unpaired) electrons. The molecule has 1 aromatic carbocycles. The molecule has 1 aromatic rings. The Morgan fingerprint density at radius 3 is 2.38 bits per heavy atom. The lowest BCUT2D eigenvalue weighted by Crippen LogP contribution is -2.47. The first-order chi connectivity index (χ1) is 10.1. The Morgan fingerprint density at radius 1 is 1.24 bits per heavy atom. The Balaban J connectivity index is 1.81. The predicted octanol–water partition coefficient (Wildman–Crippen LogP) is 1.67. The molecule has 1 heterocycles. The van der Waals surface area contributed by atoms with E-state index >= 15 is 0 Å². The van der Waals surface area contributed by atoms with E-state index in [1.54, 1.807) is 26.2 Å². The maximum Gasteiger partial charge on any atom is 0.260 e. The fourth-order valence-electron chi connectivity index (χ4n) is 2.38. The SMILES string of the molecule is COc1ccc(O[C@@H](C)C(=O)NC2CCN(C)CC2)cc1. The molecule has 1 saturated heterocycles. The fraction of sp³-hybridized carbons (Fsp3) is 0.562. The quantitative estimate of drug-likeness (QED) is 0.897. The highest BCUT2D eigenvalue weighted by molar-refractivity contribution is 5.81. The maximum atomic E-state index is 12.1. The molecule has 5 nitrogen and oxygen atoms in total. The van der Waals surface area contributed by atoms with Gasteiger partial charge < -0.3 is 19.7 Å². The van der Waals surface area contributed by atoms with Gasteiger partial charge in [-0.3, -0.25) is 4.79 Å². The molecule has 1 fully saturated rings. The second-order valence-corrected chi connectivity index (χ2v) is 5.52. The van der Waals surface area contributed by atoms with Crippen molar-refractivity contribution in [2.24, 2.45) is 0 Å². The van der Waals surface area contributed by atoms with E-state index in [2.05, 4.69) is 17.3 Å². The lowest BCUT2D eigenvalue weighted by Gasteiger charge is -2.30. The van der Waals surface area contributed by atoms with Crippen molar-refractivity contribution in [3.8, 4) is 11.5 Å². The lowest BCUT2D eigenvalue weighted by atomic mass is 10.1. The molecule has 0 saturated carbocycles. The van der Waals surface area contributed by atoms with Crippen LogP contribution in [0.2, 0.25) is 0 Å². The monoisotopic (exact) mass is 292 g/mol. The van der Waals surface area contributed by atoms with Crippen LogP contribution in [0.1, 0.15) is 19.8 Å². The van der Waals surface area contributed by atoms with Crippen LogP contribution in [0.4, 0.5) is 0 Å². The van der Waals surface area contributed by atoms with E-state index in [9.17, 15) is 4.79 Å². The van der Waals surface area contributed by atoms with Gasteiger partial charge in [0.25, 0.3) is 5.91 Å². The molecule has 0 aliphatic carbocycles. The van der Waals surface area contributed by atoms with E-state index in [0.29, 0.717) is 5.75 Å². The number of carbonyl (C=O) groups is 1. The summed E-state index contributed by atoms with van der Waals surface area (Å²) in [6, 6.07) is 7.50. The molecule has 0 aromatic heterocycles. The zero-order chi connectivity index (χ0) is 15.2.